The lowest BCUT2D eigenvalue weighted by molar-refractivity contribution is 0.0366. The lowest BCUT2D eigenvalue weighted by atomic mass is 10.2. The van der Waals surface area contributed by atoms with Gasteiger partial charge < -0.3 is 10.3 Å². The Hall–Kier alpha value is -3.10. The minimum atomic E-state index is -2.83. The van der Waals surface area contributed by atoms with Gasteiger partial charge in [0.15, 0.2) is 5.65 Å². The van der Waals surface area contributed by atoms with Gasteiger partial charge in [0.1, 0.15) is 5.65 Å². The normalized spacial score (nSPS) is 12.1. The summed E-state index contributed by atoms with van der Waals surface area (Å²) in [5.74, 6) is -2.68. The maximum absolute atomic E-state index is 12.9. The fraction of sp³-hybridized carbons (Fsp3) is 0.200. The molecule has 24 heavy (non-hydrogen) atoms. The van der Waals surface area contributed by atoms with Gasteiger partial charge in [-0.3, -0.25) is 0 Å². The van der Waals surface area contributed by atoms with Crippen LogP contribution < -0.4 is 5.32 Å². The number of hydrogen-bond donors (Lipinski definition) is 2. The summed E-state index contributed by atoms with van der Waals surface area (Å²) in [5.41, 5.74) is 2.86. The SMILES string of the molecule is CC(F)(F)CNc1ncc2c(-c3ccc4nccn4n3)c[nH]c2n1. The van der Waals surface area contributed by atoms with Gasteiger partial charge in [-0.1, -0.05) is 0 Å². The number of nitrogens with one attached hydrogen (secondary N) is 2. The number of aromatic amines is 1. The van der Waals surface area contributed by atoms with Crippen molar-refractivity contribution in [2.24, 2.45) is 0 Å². The highest BCUT2D eigenvalue weighted by Gasteiger charge is 2.21. The summed E-state index contributed by atoms with van der Waals surface area (Å²) in [4.78, 5) is 15.5. The fourth-order valence-electron chi connectivity index (χ4n) is 2.40. The maximum Gasteiger partial charge on any atom is 0.262 e. The highest BCUT2D eigenvalue weighted by Crippen LogP contribution is 2.26. The molecule has 4 aromatic rings. The van der Waals surface area contributed by atoms with E-state index in [1.165, 1.54) is 0 Å². The lowest BCUT2D eigenvalue weighted by Crippen LogP contribution is -2.23. The molecule has 0 fully saturated rings. The van der Waals surface area contributed by atoms with Gasteiger partial charge in [-0.2, -0.15) is 10.1 Å². The van der Waals surface area contributed by atoms with Gasteiger partial charge in [-0.25, -0.2) is 23.3 Å². The monoisotopic (exact) mass is 329 g/mol. The van der Waals surface area contributed by atoms with E-state index in [0.717, 1.165) is 29.2 Å². The molecule has 0 amide bonds. The second-order valence-corrected chi connectivity index (χ2v) is 5.53. The predicted octanol–water partition coefficient (Wildman–Crippen LogP) is 2.73. The Morgan fingerprint density at radius 2 is 2.17 bits per heavy atom. The minimum Gasteiger partial charge on any atom is -0.348 e. The van der Waals surface area contributed by atoms with Crippen LogP contribution in [0.2, 0.25) is 0 Å². The van der Waals surface area contributed by atoms with Crippen LogP contribution in [-0.4, -0.2) is 42.0 Å². The van der Waals surface area contributed by atoms with Crippen molar-refractivity contribution >= 4 is 22.6 Å². The highest BCUT2D eigenvalue weighted by atomic mass is 19.3. The lowest BCUT2D eigenvalue weighted by Gasteiger charge is -2.10. The van der Waals surface area contributed by atoms with Crippen molar-refractivity contribution in [3.63, 3.8) is 0 Å². The molecule has 9 heteroatoms. The highest BCUT2D eigenvalue weighted by molar-refractivity contribution is 5.92. The first-order valence-electron chi connectivity index (χ1n) is 7.26. The van der Waals surface area contributed by atoms with Crippen LogP contribution in [0.5, 0.6) is 0 Å². The third-order valence-electron chi connectivity index (χ3n) is 3.52. The van der Waals surface area contributed by atoms with Crippen molar-refractivity contribution in [2.45, 2.75) is 12.8 Å². The third kappa shape index (κ3) is 2.64. The van der Waals surface area contributed by atoms with Crippen molar-refractivity contribution < 1.29 is 8.78 Å². The number of aromatic nitrogens is 6. The van der Waals surface area contributed by atoms with E-state index >= 15 is 0 Å². The predicted molar refractivity (Wildman–Crippen MR) is 85.0 cm³/mol. The largest absolute Gasteiger partial charge is 0.348 e. The molecule has 4 rings (SSSR count). The third-order valence-corrected chi connectivity index (χ3v) is 3.52. The van der Waals surface area contributed by atoms with E-state index in [9.17, 15) is 8.78 Å². The van der Waals surface area contributed by atoms with Crippen LogP contribution in [0.25, 0.3) is 27.9 Å². The Bertz CT molecular complexity index is 1020. The van der Waals surface area contributed by atoms with Gasteiger partial charge in [0.05, 0.1) is 12.2 Å². The summed E-state index contributed by atoms with van der Waals surface area (Å²) in [6.45, 7) is 0.314. The molecule has 4 aromatic heterocycles. The fourth-order valence-corrected chi connectivity index (χ4v) is 2.40. The van der Waals surface area contributed by atoms with Crippen molar-refractivity contribution in [2.75, 3.05) is 11.9 Å². The van der Waals surface area contributed by atoms with Crippen molar-refractivity contribution in [1.82, 2.24) is 29.5 Å². The van der Waals surface area contributed by atoms with Crippen LogP contribution in [0.15, 0.2) is 36.9 Å². The molecule has 0 saturated heterocycles. The molecule has 0 aliphatic heterocycles. The van der Waals surface area contributed by atoms with E-state index in [0.29, 0.717) is 5.65 Å². The van der Waals surface area contributed by atoms with Crippen LogP contribution in [0.3, 0.4) is 0 Å². The number of anilines is 1. The summed E-state index contributed by atoms with van der Waals surface area (Å²) >= 11 is 0. The topological polar surface area (TPSA) is 83.8 Å². The zero-order valence-electron chi connectivity index (χ0n) is 12.7. The molecular formula is C15H13F2N7. The number of fused-ring (bicyclic) bond motifs is 2. The Morgan fingerprint density at radius 1 is 1.29 bits per heavy atom. The number of alkyl halides is 2. The molecule has 2 N–H and O–H groups in total. The second-order valence-electron chi connectivity index (χ2n) is 5.53. The standard InChI is InChI=1S/C15H13F2N7/c1-15(16,17)8-21-14-20-7-10-9(6-19-13(10)22-14)11-2-3-12-18-4-5-24(12)23-11/h2-7H,8H2,1H3,(H2,19,20,21,22). The molecule has 0 aliphatic rings. The average molecular weight is 329 g/mol. The minimum absolute atomic E-state index is 0.149. The molecule has 7 nitrogen and oxygen atoms in total. The van der Waals surface area contributed by atoms with Gasteiger partial charge in [0, 0.05) is 42.7 Å². The Kier molecular flexibility index (Phi) is 3.15. The van der Waals surface area contributed by atoms with Gasteiger partial charge in [0.2, 0.25) is 5.95 Å². The molecular weight excluding hydrogens is 316 g/mol. The quantitative estimate of drug-likeness (QED) is 0.601. The number of H-pyrrole nitrogens is 1. The number of nitrogens with zero attached hydrogens (tertiary/aromatic N) is 5. The van der Waals surface area contributed by atoms with Crippen LogP contribution in [-0.2, 0) is 0 Å². The molecule has 0 aromatic carbocycles. The molecule has 0 unspecified atom stereocenters. The number of hydrogen-bond acceptors (Lipinski definition) is 5. The average Bonchev–Trinajstić information content (AvgIpc) is 3.17. The smallest absolute Gasteiger partial charge is 0.262 e. The summed E-state index contributed by atoms with van der Waals surface area (Å²) in [7, 11) is 0. The van der Waals surface area contributed by atoms with Gasteiger partial charge in [-0.15, -0.1) is 0 Å². The Labute approximate surface area is 134 Å². The number of imidazole rings is 1. The van der Waals surface area contributed by atoms with E-state index in [1.807, 2.05) is 12.1 Å². The molecule has 4 heterocycles. The summed E-state index contributed by atoms with van der Waals surface area (Å²) in [6, 6.07) is 3.72. The molecule has 122 valence electrons. The molecule has 0 bridgehead atoms. The second kappa shape index (κ2) is 5.22. The van der Waals surface area contributed by atoms with Crippen LogP contribution in [0.1, 0.15) is 6.92 Å². The first-order valence-corrected chi connectivity index (χ1v) is 7.26. The van der Waals surface area contributed by atoms with Crippen LogP contribution in [0, 0.1) is 0 Å². The van der Waals surface area contributed by atoms with E-state index < -0.39 is 12.5 Å². The Morgan fingerprint density at radius 3 is 3.00 bits per heavy atom. The van der Waals surface area contributed by atoms with E-state index in [4.69, 9.17) is 0 Å². The molecule has 0 saturated carbocycles. The molecule has 0 spiro atoms. The Balaban J connectivity index is 1.69. The molecule has 0 atom stereocenters. The number of halogens is 2. The summed E-state index contributed by atoms with van der Waals surface area (Å²) in [5, 5.41) is 7.77. The maximum atomic E-state index is 12.9. The van der Waals surface area contributed by atoms with Gasteiger partial charge in [-0.05, 0) is 12.1 Å². The van der Waals surface area contributed by atoms with Crippen molar-refractivity contribution in [3.8, 4) is 11.3 Å². The van der Waals surface area contributed by atoms with E-state index in [1.54, 1.807) is 29.3 Å². The first-order chi connectivity index (χ1) is 11.5. The zero-order valence-corrected chi connectivity index (χ0v) is 12.7. The molecule has 0 aliphatic carbocycles. The van der Waals surface area contributed by atoms with Crippen LogP contribution >= 0.6 is 0 Å². The summed E-state index contributed by atoms with van der Waals surface area (Å²) in [6.07, 6.45) is 6.79. The van der Waals surface area contributed by atoms with E-state index in [2.05, 4.69) is 30.4 Å². The zero-order chi connectivity index (χ0) is 16.7. The molecule has 0 radical (unpaired) electrons. The van der Waals surface area contributed by atoms with Gasteiger partial charge in [0.25, 0.3) is 5.92 Å². The van der Waals surface area contributed by atoms with Crippen molar-refractivity contribution in [3.05, 3.63) is 36.9 Å². The van der Waals surface area contributed by atoms with Crippen LogP contribution in [0.4, 0.5) is 14.7 Å². The first kappa shape index (κ1) is 14.5. The van der Waals surface area contributed by atoms with E-state index in [-0.39, 0.29) is 5.95 Å². The van der Waals surface area contributed by atoms with Gasteiger partial charge >= 0.3 is 0 Å². The summed E-state index contributed by atoms with van der Waals surface area (Å²) < 4.78 is 27.5. The number of rotatable bonds is 4. The van der Waals surface area contributed by atoms with Crippen molar-refractivity contribution in [1.29, 1.82) is 0 Å².